The van der Waals surface area contributed by atoms with Crippen molar-refractivity contribution >= 4 is 5.91 Å². The normalized spacial score (nSPS) is 15.4. The summed E-state index contributed by atoms with van der Waals surface area (Å²) in [4.78, 5) is 11.7. The van der Waals surface area contributed by atoms with E-state index in [2.05, 4.69) is 5.32 Å². The molecule has 0 spiro atoms. The van der Waals surface area contributed by atoms with Gasteiger partial charge in [-0.25, -0.2) is 4.39 Å². The average Bonchev–Trinajstić information content (AvgIpc) is 2.44. The second-order valence-electron chi connectivity index (χ2n) is 4.88. The lowest BCUT2D eigenvalue weighted by Crippen LogP contribution is -2.39. The molecule has 112 valence electrons. The zero-order valence-electron chi connectivity index (χ0n) is 12.1. The van der Waals surface area contributed by atoms with E-state index in [0.717, 1.165) is 6.42 Å². The van der Waals surface area contributed by atoms with Crippen molar-refractivity contribution in [3.05, 3.63) is 35.6 Å². The third-order valence-corrected chi connectivity index (χ3v) is 3.15. The largest absolute Gasteiger partial charge is 0.386 e. The molecule has 1 aromatic rings. The molecule has 0 fully saturated rings. The lowest BCUT2D eigenvalue weighted by molar-refractivity contribution is -0.128. The van der Waals surface area contributed by atoms with E-state index in [1.54, 1.807) is 6.92 Å². The van der Waals surface area contributed by atoms with Crippen molar-refractivity contribution in [1.29, 1.82) is 0 Å². The maximum atomic E-state index is 12.8. The number of ether oxygens (including phenoxy) is 1. The maximum Gasteiger partial charge on any atom is 0.246 e. The first-order valence-corrected chi connectivity index (χ1v) is 6.78. The van der Waals surface area contributed by atoms with E-state index in [1.165, 1.54) is 24.3 Å². The van der Waals surface area contributed by atoms with Crippen LogP contribution in [0.3, 0.4) is 0 Å². The zero-order valence-corrected chi connectivity index (χ0v) is 12.1. The lowest BCUT2D eigenvalue weighted by Gasteiger charge is -2.21. The minimum atomic E-state index is -0.886. The van der Waals surface area contributed by atoms with Crippen molar-refractivity contribution < 1.29 is 19.0 Å². The monoisotopic (exact) mass is 283 g/mol. The molecular formula is C15H22FNO3. The van der Waals surface area contributed by atoms with E-state index >= 15 is 0 Å². The van der Waals surface area contributed by atoms with E-state index in [1.807, 2.05) is 13.8 Å². The highest BCUT2D eigenvalue weighted by molar-refractivity contribution is 5.77. The third kappa shape index (κ3) is 5.27. The van der Waals surface area contributed by atoms with Gasteiger partial charge in [-0.2, -0.15) is 0 Å². The quantitative estimate of drug-likeness (QED) is 0.806. The van der Waals surface area contributed by atoms with Gasteiger partial charge in [0.2, 0.25) is 5.91 Å². The lowest BCUT2D eigenvalue weighted by atomic mass is 10.0. The number of carbonyl (C=O) groups excluding carboxylic acids is 1. The Bertz CT molecular complexity index is 422. The van der Waals surface area contributed by atoms with Crippen molar-refractivity contribution in [3.63, 3.8) is 0 Å². The molecule has 0 aliphatic carbocycles. The van der Waals surface area contributed by atoms with E-state index in [4.69, 9.17) is 4.74 Å². The van der Waals surface area contributed by atoms with Gasteiger partial charge in [0.1, 0.15) is 12.4 Å². The molecule has 0 radical (unpaired) electrons. The SMILES string of the molecule is CCC(C)OCC(=O)NC(C)C(O)c1ccc(F)cc1. The third-order valence-electron chi connectivity index (χ3n) is 3.15. The fraction of sp³-hybridized carbons (Fsp3) is 0.533. The standard InChI is InChI=1S/C15H22FNO3/c1-4-10(2)20-9-14(18)17-11(3)15(19)12-5-7-13(16)8-6-12/h5-8,10-11,15,19H,4,9H2,1-3H3,(H,17,18). The highest BCUT2D eigenvalue weighted by Crippen LogP contribution is 2.17. The Morgan fingerprint density at radius 1 is 1.35 bits per heavy atom. The summed E-state index contributed by atoms with van der Waals surface area (Å²) in [6.45, 7) is 5.53. The Morgan fingerprint density at radius 2 is 1.95 bits per heavy atom. The van der Waals surface area contributed by atoms with Crippen molar-refractivity contribution in [2.75, 3.05) is 6.61 Å². The number of hydrogen-bond donors (Lipinski definition) is 2. The highest BCUT2D eigenvalue weighted by Gasteiger charge is 2.18. The summed E-state index contributed by atoms with van der Waals surface area (Å²) in [7, 11) is 0. The summed E-state index contributed by atoms with van der Waals surface area (Å²) in [6.07, 6.45) is -0.0256. The zero-order chi connectivity index (χ0) is 15.1. The van der Waals surface area contributed by atoms with Gasteiger partial charge in [0.05, 0.1) is 18.2 Å². The Balaban J connectivity index is 2.47. The van der Waals surface area contributed by atoms with E-state index in [-0.39, 0.29) is 24.4 Å². The van der Waals surface area contributed by atoms with Gasteiger partial charge >= 0.3 is 0 Å². The summed E-state index contributed by atoms with van der Waals surface area (Å²) in [6, 6.07) is 5.07. The van der Waals surface area contributed by atoms with Gasteiger partial charge in [0.25, 0.3) is 0 Å². The topological polar surface area (TPSA) is 58.6 Å². The minimum absolute atomic E-state index is 0.0260. The number of carbonyl (C=O) groups is 1. The Morgan fingerprint density at radius 3 is 2.50 bits per heavy atom. The van der Waals surface area contributed by atoms with Crippen molar-refractivity contribution in [2.24, 2.45) is 0 Å². The summed E-state index contributed by atoms with van der Waals surface area (Å²) in [5.41, 5.74) is 0.557. The summed E-state index contributed by atoms with van der Waals surface area (Å²) < 4.78 is 18.1. The Hall–Kier alpha value is -1.46. The van der Waals surface area contributed by atoms with Crippen LogP contribution in [0.25, 0.3) is 0 Å². The van der Waals surface area contributed by atoms with Crippen LogP contribution in [-0.2, 0) is 9.53 Å². The van der Waals surface area contributed by atoms with Crippen molar-refractivity contribution in [1.82, 2.24) is 5.32 Å². The van der Waals surface area contributed by atoms with Crippen LogP contribution < -0.4 is 5.32 Å². The molecule has 3 atom stereocenters. The molecule has 0 aliphatic rings. The van der Waals surface area contributed by atoms with Gasteiger partial charge in [0.15, 0.2) is 0 Å². The van der Waals surface area contributed by atoms with Crippen LogP contribution in [0, 0.1) is 5.82 Å². The molecule has 0 bridgehead atoms. The van der Waals surface area contributed by atoms with Crippen LogP contribution >= 0.6 is 0 Å². The van der Waals surface area contributed by atoms with Crippen LogP contribution in [0.4, 0.5) is 4.39 Å². The molecule has 0 heterocycles. The molecule has 1 rings (SSSR count). The molecule has 0 aliphatic heterocycles. The van der Waals surface area contributed by atoms with E-state index in [0.29, 0.717) is 5.56 Å². The molecule has 2 N–H and O–H groups in total. The van der Waals surface area contributed by atoms with E-state index < -0.39 is 12.1 Å². The van der Waals surface area contributed by atoms with Crippen LogP contribution in [0.5, 0.6) is 0 Å². The van der Waals surface area contributed by atoms with Gasteiger partial charge in [-0.05, 0) is 38.0 Å². The fourth-order valence-corrected chi connectivity index (χ4v) is 1.66. The first kappa shape index (κ1) is 16.6. The summed E-state index contributed by atoms with van der Waals surface area (Å²) in [5, 5.41) is 12.7. The smallest absolute Gasteiger partial charge is 0.246 e. The molecular weight excluding hydrogens is 261 g/mol. The molecule has 1 amide bonds. The van der Waals surface area contributed by atoms with E-state index in [9.17, 15) is 14.3 Å². The van der Waals surface area contributed by atoms with Crippen LogP contribution in [-0.4, -0.2) is 29.8 Å². The number of aliphatic hydroxyl groups excluding tert-OH is 1. The first-order chi connectivity index (χ1) is 9.43. The number of amides is 1. The van der Waals surface area contributed by atoms with Crippen LogP contribution in [0.2, 0.25) is 0 Å². The first-order valence-electron chi connectivity index (χ1n) is 6.78. The molecule has 3 unspecified atom stereocenters. The number of halogens is 1. The van der Waals surface area contributed by atoms with Gasteiger partial charge in [-0.15, -0.1) is 0 Å². The molecule has 5 heteroatoms. The predicted molar refractivity (Wildman–Crippen MR) is 74.7 cm³/mol. The molecule has 1 aromatic carbocycles. The van der Waals surface area contributed by atoms with Gasteiger partial charge in [-0.3, -0.25) is 4.79 Å². The van der Waals surface area contributed by atoms with Crippen molar-refractivity contribution in [3.8, 4) is 0 Å². The second-order valence-corrected chi connectivity index (χ2v) is 4.88. The number of hydrogen-bond acceptors (Lipinski definition) is 3. The Labute approximate surface area is 119 Å². The fourth-order valence-electron chi connectivity index (χ4n) is 1.66. The summed E-state index contributed by atoms with van der Waals surface area (Å²) in [5.74, 6) is -0.640. The number of aliphatic hydroxyl groups is 1. The number of benzene rings is 1. The van der Waals surface area contributed by atoms with Crippen LogP contribution in [0.15, 0.2) is 24.3 Å². The molecule has 0 aromatic heterocycles. The number of nitrogens with one attached hydrogen (secondary N) is 1. The molecule has 0 saturated heterocycles. The van der Waals surface area contributed by atoms with Crippen LogP contribution in [0.1, 0.15) is 38.9 Å². The second kappa shape index (κ2) is 7.97. The summed E-state index contributed by atoms with van der Waals surface area (Å²) >= 11 is 0. The maximum absolute atomic E-state index is 12.8. The molecule has 20 heavy (non-hydrogen) atoms. The van der Waals surface area contributed by atoms with Gasteiger partial charge in [0, 0.05) is 0 Å². The highest BCUT2D eigenvalue weighted by atomic mass is 19.1. The number of rotatable bonds is 7. The average molecular weight is 283 g/mol. The van der Waals surface area contributed by atoms with Gasteiger partial charge < -0.3 is 15.2 Å². The molecule has 4 nitrogen and oxygen atoms in total. The van der Waals surface area contributed by atoms with Gasteiger partial charge in [-0.1, -0.05) is 19.1 Å². The molecule has 0 saturated carbocycles. The Kier molecular flexibility index (Phi) is 6.61. The minimum Gasteiger partial charge on any atom is -0.386 e. The van der Waals surface area contributed by atoms with Crippen molar-refractivity contribution in [2.45, 2.75) is 45.4 Å². The predicted octanol–water partition coefficient (Wildman–Crippen LogP) is 2.18.